The number of sulfonamides is 1. The second kappa shape index (κ2) is 6.13. The topological polar surface area (TPSA) is 74.7 Å². The molecule has 0 saturated carbocycles. The first-order chi connectivity index (χ1) is 11.5. The number of rotatable bonds is 3. The van der Waals surface area contributed by atoms with Crippen LogP contribution in [0.4, 0.5) is 0 Å². The van der Waals surface area contributed by atoms with Crippen molar-refractivity contribution in [2.75, 3.05) is 6.54 Å². The first-order valence-corrected chi connectivity index (χ1v) is 9.07. The van der Waals surface area contributed by atoms with Crippen molar-refractivity contribution in [1.82, 2.24) is 4.31 Å². The van der Waals surface area contributed by atoms with Crippen LogP contribution in [0.5, 0.6) is 0 Å². The lowest BCUT2D eigenvalue weighted by molar-refractivity contribution is 0.0998. The summed E-state index contributed by atoms with van der Waals surface area (Å²) in [4.78, 5) is 12.9. The highest BCUT2D eigenvalue weighted by Gasteiger charge is 2.40. The maximum Gasteiger partial charge on any atom is 0.265 e. The van der Waals surface area contributed by atoms with Crippen LogP contribution < -0.4 is 0 Å². The number of Topliss-reactive ketones (excluding diaryl/α,β-unsaturated/α-hetero) is 1. The standard InChI is InChI=1S/C18H17NO4S/c1-2-12-19-16(17(20)13-8-4-3-5-9-13)18(21)14-10-6-7-11-15(14)24(19,22)23/h3-11,20H,2,12H2,1H3/b17-16-. The summed E-state index contributed by atoms with van der Waals surface area (Å²) in [6, 6.07) is 14.6. The van der Waals surface area contributed by atoms with Gasteiger partial charge < -0.3 is 5.11 Å². The summed E-state index contributed by atoms with van der Waals surface area (Å²) in [6.45, 7) is 1.94. The maximum atomic E-state index is 12.9. The van der Waals surface area contributed by atoms with Crippen LogP contribution in [0.2, 0.25) is 0 Å². The summed E-state index contributed by atoms with van der Waals surface area (Å²) in [5.74, 6) is -0.817. The fourth-order valence-electron chi connectivity index (χ4n) is 2.75. The van der Waals surface area contributed by atoms with E-state index in [0.29, 0.717) is 12.0 Å². The Labute approximate surface area is 140 Å². The molecule has 0 spiro atoms. The second-order valence-corrected chi connectivity index (χ2v) is 7.30. The predicted molar refractivity (Wildman–Crippen MR) is 90.9 cm³/mol. The van der Waals surface area contributed by atoms with Gasteiger partial charge in [-0.25, -0.2) is 8.42 Å². The van der Waals surface area contributed by atoms with E-state index in [1.54, 1.807) is 42.5 Å². The molecule has 0 aromatic heterocycles. The molecule has 2 aromatic carbocycles. The van der Waals surface area contributed by atoms with Crippen molar-refractivity contribution in [3.05, 3.63) is 71.4 Å². The molecule has 6 heteroatoms. The number of ketones is 1. The van der Waals surface area contributed by atoms with Crippen molar-refractivity contribution in [1.29, 1.82) is 0 Å². The number of allylic oxidation sites excluding steroid dienone is 1. The molecule has 24 heavy (non-hydrogen) atoms. The smallest absolute Gasteiger partial charge is 0.265 e. The predicted octanol–water partition coefficient (Wildman–Crippen LogP) is 3.21. The minimum atomic E-state index is -3.89. The Balaban J connectivity index is 2.31. The molecular formula is C18H17NO4S. The van der Waals surface area contributed by atoms with Gasteiger partial charge in [0.05, 0.1) is 4.90 Å². The van der Waals surface area contributed by atoms with Gasteiger partial charge in [-0.1, -0.05) is 49.4 Å². The Bertz CT molecular complexity index is 917. The third kappa shape index (κ3) is 2.49. The van der Waals surface area contributed by atoms with Crippen molar-refractivity contribution in [2.24, 2.45) is 0 Å². The lowest BCUT2D eigenvalue weighted by Gasteiger charge is -2.31. The van der Waals surface area contributed by atoms with E-state index in [1.807, 2.05) is 6.92 Å². The molecule has 0 radical (unpaired) electrons. The summed E-state index contributed by atoms with van der Waals surface area (Å²) >= 11 is 0. The van der Waals surface area contributed by atoms with Crippen LogP contribution in [0, 0.1) is 0 Å². The van der Waals surface area contributed by atoms with E-state index in [1.165, 1.54) is 12.1 Å². The van der Waals surface area contributed by atoms with Crippen LogP contribution in [0.25, 0.3) is 5.76 Å². The Hall–Kier alpha value is -2.60. The maximum absolute atomic E-state index is 12.9. The molecule has 3 rings (SSSR count). The highest BCUT2D eigenvalue weighted by Crippen LogP contribution is 2.35. The van der Waals surface area contributed by atoms with Crippen molar-refractivity contribution >= 4 is 21.6 Å². The van der Waals surface area contributed by atoms with Gasteiger partial charge in [-0.05, 0) is 18.6 Å². The lowest BCUT2D eigenvalue weighted by Crippen LogP contribution is -2.40. The fraction of sp³-hybridized carbons (Fsp3) is 0.167. The summed E-state index contributed by atoms with van der Waals surface area (Å²) < 4.78 is 26.8. The van der Waals surface area contributed by atoms with Crippen LogP contribution in [-0.4, -0.2) is 30.2 Å². The average Bonchev–Trinajstić information content (AvgIpc) is 2.60. The first kappa shape index (κ1) is 16.3. The van der Waals surface area contributed by atoms with Crippen LogP contribution in [0.15, 0.2) is 65.2 Å². The number of aliphatic hydroxyl groups is 1. The van der Waals surface area contributed by atoms with E-state index in [0.717, 1.165) is 4.31 Å². The van der Waals surface area contributed by atoms with Crippen molar-refractivity contribution in [3.8, 4) is 0 Å². The number of carbonyl (C=O) groups excluding carboxylic acids is 1. The van der Waals surface area contributed by atoms with E-state index in [4.69, 9.17) is 0 Å². The summed E-state index contributed by atoms with van der Waals surface area (Å²) in [5.41, 5.74) is 0.292. The number of aliphatic hydroxyl groups excluding tert-OH is 1. The van der Waals surface area contributed by atoms with Crippen molar-refractivity contribution in [2.45, 2.75) is 18.2 Å². The van der Waals surface area contributed by atoms with Gasteiger partial charge in [0, 0.05) is 17.7 Å². The molecule has 1 N–H and O–H groups in total. The van der Waals surface area contributed by atoms with E-state index in [2.05, 4.69) is 0 Å². The third-order valence-electron chi connectivity index (χ3n) is 3.86. The zero-order valence-electron chi connectivity index (χ0n) is 13.1. The molecule has 124 valence electrons. The highest BCUT2D eigenvalue weighted by atomic mass is 32.2. The molecule has 2 aromatic rings. The van der Waals surface area contributed by atoms with Crippen LogP contribution >= 0.6 is 0 Å². The molecule has 0 aliphatic carbocycles. The number of benzene rings is 2. The molecule has 0 amide bonds. The van der Waals surface area contributed by atoms with Crippen LogP contribution in [0.1, 0.15) is 29.3 Å². The Morgan fingerprint density at radius 2 is 1.67 bits per heavy atom. The van der Waals surface area contributed by atoms with Gasteiger partial charge >= 0.3 is 0 Å². The molecule has 0 bridgehead atoms. The minimum Gasteiger partial charge on any atom is -0.505 e. The zero-order valence-corrected chi connectivity index (χ0v) is 14.0. The molecule has 0 saturated heterocycles. The number of hydrogen-bond acceptors (Lipinski definition) is 4. The van der Waals surface area contributed by atoms with Gasteiger partial charge in [-0.15, -0.1) is 0 Å². The Morgan fingerprint density at radius 1 is 1.04 bits per heavy atom. The Kier molecular flexibility index (Phi) is 4.15. The normalized spacial score (nSPS) is 18.2. The van der Waals surface area contributed by atoms with Crippen LogP contribution in [0.3, 0.4) is 0 Å². The van der Waals surface area contributed by atoms with Gasteiger partial charge in [0.15, 0.2) is 5.76 Å². The van der Waals surface area contributed by atoms with E-state index >= 15 is 0 Å². The number of fused-ring (bicyclic) bond motifs is 1. The van der Waals surface area contributed by atoms with Crippen molar-refractivity contribution in [3.63, 3.8) is 0 Å². The van der Waals surface area contributed by atoms with Crippen molar-refractivity contribution < 1.29 is 18.3 Å². The molecule has 0 unspecified atom stereocenters. The third-order valence-corrected chi connectivity index (χ3v) is 5.72. The monoisotopic (exact) mass is 343 g/mol. The second-order valence-electron chi connectivity index (χ2n) is 5.47. The molecule has 1 aliphatic rings. The molecule has 1 heterocycles. The van der Waals surface area contributed by atoms with Gasteiger partial charge in [0.2, 0.25) is 5.78 Å². The molecular weight excluding hydrogens is 326 g/mol. The SMILES string of the molecule is CCCN1/C(=C(\O)c2ccccc2)C(=O)c2ccccc2S1(=O)=O. The minimum absolute atomic E-state index is 0.0203. The molecule has 0 atom stereocenters. The Morgan fingerprint density at radius 3 is 2.33 bits per heavy atom. The van der Waals surface area contributed by atoms with Gasteiger partial charge in [-0.3, -0.25) is 9.10 Å². The number of hydrogen-bond donors (Lipinski definition) is 1. The summed E-state index contributed by atoms with van der Waals surface area (Å²) in [7, 11) is -3.89. The van der Waals surface area contributed by atoms with Gasteiger partial charge in [0.25, 0.3) is 10.0 Å². The highest BCUT2D eigenvalue weighted by molar-refractivity contribution is 7.89. The first-order valence-electron chi connectivity index (χ1n) is 7.63. The average molecular weight is 343 g/mol. The number of carbonyl (C=O) groups is 1. The number of nitrogens with zero attached hydrogens (tertiary/aromatic N) is 1. The fourth-order valence-corrected chi connectivity index (χ4v) is 4.51. The molecule has 1 aliphatic heterocycles. The van der Waals surface area contributed by atoms with E-state index in [9.17, 15) is 18.3 Å². The van der Waals surface area contributed by atoms with Gasteiger partial charge in [-0.2, -0.15) is 0 Å². The summed E-state index contributed by atoms with van der Waals surface area (Å²) in [6.07, 6.45) is 0.514. The lowest BCUT2D eigenvalue weighted by atomic mass is 10.0. The molecule has 5 nitrogen and oxygen atoms in total. The van der Waals surface area contributed by atoms with E-state index < -0.39 is 15.8 Å². The molecule has 0 fully saturated rings. The summed E-state index contributed by atoms with van der Waals surface area (Å²) in [5, 5.41) is 10.6. The van der Waals surface area contributed by atoms with Crippen LogP contribution in [-0.2, 0) is 10.0 Å². The van der Waals surface area contributed by atoms with E-state index in [-0.39, 0.29) is 28.5 Å². The zero-order chi connectivity index (χ0) is 17.3. The van der Waals surface area contributed by atoms with Gasteiger partial charge in [0.1, 0.15) is 5.70 Å². The quantitative estimate of drug-likeness (QED) is 0.686. The largest absolute Gasteiger partial charge is 0.505 e.